The lowest BCUT2D eigenvalue weighted by atomic mass is 10.1. The van der Waals surface area contributed by atoms with Crippen LogP contribution in [-0.4, -0.2) is 46.0 Å². The average Bonchev–Trinajstić information content (AvgIpc) is 3.22. The van der Waals surface area contributed by atoms with Crippen LogP contribution in [0, 0.1) is 0 Å². The fraction of sp³-hybridized carbons (Fsp3) is 0.312. The van der Waals surface area contributed by atoms with Crippen molar-refractivity contribution < 1.29 is 14.7 Å². The molecule has 2 aromatic rings. The number of aromatic nitrogens is 1. The van der Waals surface area contributed by atoms with Gasteiger partial charge in [0.1, 0.15) is 6.04 Å². The summed E-state index contributed by atoms with van der Waals surface area (Å²) in [4.78, 5) is 29.6. The van der Waals surface area contributed by atoms with Crippen molar-refractivity contribution in [2.75, 3.05) is 6.54 Å². The van der Waals surface area contributed by atoms with E-state index in [4.69, 9.17) is 0 Å². The Kier molecular flexibility index (Phi) is 4.68. The number of aliphatic hydroxyl groups is 1. The molecule has 0 saturated carbocycles. The van der Waals surface area contributed by atoms with E-state index in [9.17, 15) is 14.7 Å². The first-order valence-electron chi connectivity index (χ1n) is 7.32. The molecule has 1 aromatic carbocycles. The van der Waals surface area contributed by atoms with E-state index in [-0.39, 0.29) is 18.9 Å². The minimum absolute atomic E-state index is 0.213. The maximum Gasteiger partial charge on any atom is 0.243 e. The van der Waals surface area contributed by atoms with Gasteiger partial charge < -0.3 is 15.3 Å². The zero-order valence-electron chi connectivity index (χ0n) is 12.4. The van der Waals surface area contributed by atoms with E-state index in [1.807, 2.05) is 30.5 Å². The molecule has 0 aliphatic carbocycles. The van der Waals surface area contributed by atoms with Crippen molar-refractivity contribution in [2.24, 2.45) is 0 Å². The highest BCUT2D eigenvalue weighted by Gasteiger charge is 2.34. The van der Waals surface area contributed by atoms with Crippen molar-refractivity contribution in [2.45, 2.75) is 25.1 Å². The van der Waals surface area contributed by atoms with Crippen LogP contribution in [0.3, 0.4) is 0 Å². The smallest absolute Gasteiger partial charge is 0.243 e. The van der Waals surface area contributed by atoms with Crippen LogP contribution in [0.1, 0.15) is 12.0 Å². The molecule has 0 spiro atoms. The number of hydrogen-bond acceptors (Lipinski definition) is 5. The molecule has 23 heavy (non-hydrogen) atoms. The van der Waals surface area contributed by atoms with E-state index in [1.165, 1.54) is 4.90 Å². The topological polar surface area (TPSA) is 82.5 Å². The number of hydrogen-bond donors (Lipinski definition) is 2. The zero-order valence-corrected chi connectivity index (χ0v) is 13.2. The summed E-state index contributed by atoms with van der Waals surface area (Å²) in [5.74, 6) is -0.236. The van der Waals surface area contributed by atoms with Crippen LogP contribution in [0.15, 0.2) is 36.0 Å². The van der Waals surface area contributed by atoms with E-state index in [0.29, 0.717) is 13.0 Å². The maximum atomic E-state index is 12.2. The Hall–Kier alpha value is -2.25. The van der Waals surface area contributed by atoms with Crippen LogP contribution in [0.4, 0.5) is 0 Å². The lowest BCUT2D eigenvalue weighted by Gasteiger charge is -2.18. The number of nitrogens with zero attached hydrogens (tertiary/aromatic N) is 2. The maximum absolute atomic E-state index is 12.2. The Morgan fingerprint density at radius 1 is 1.43 bits per heavy atom. The van der Waals surface area contributed by atoms with Gasteiger partial charge in [0.25, 0.3) is 0 Å². The summed E-state index contributed by atoms with van der Waals surface area (Å²) in [6.07, 6.45) is 2.09. The van der Waals surface area contributed by atoms with Gasteiger partial charge >= 0.3 is 0 Å². The molecule has 2 heterocycles. The molecule has 2 N–H and O–H groups in total. The van der Waals surface area contributed by atoms with Crippen molar-refractivity contribution in [1.82, 2.24) is 15.2 Å². The van der Waals surface area contributed by atoms with E-state index in [2.05, 4.69) is 10.3 Å². The summed E-state index contributed by atoms with van der Waals surface area (Å²) in [5, 5.41) is 12.4. The Balaban J connectivity index is 1.58. The lowest BCUT2D eigenvalue weighted by Crippen LogP contribution is -2.42. The van der Waals surface area contributed by atoms with Gasteiger partial charge in [0.15, 0.2) is 0 Å². The van der Waals surface area contributed by atoms with Crippen molar-refractivity contribution in [3.8, 4) is 10.4 Å². The normalized spacial score (nSPS) is 20.5. The molecule has 1 saturated heterocycles. The number of aliphatic hydroxyl groups excluding tert-OH is 1. The van der Waals surface area contributed by atoms with Gasteiger partial charge in [-0.3, -0.25) is 14.6 Å². The second kappa shape index (κ2) is 6.89. The van der Waals surface area contributed by atoms with E-state index < -0.39 is 12.1 Å². The monoisotopic (exact) mass is 331 g/mol. The number of likely N-dealkylation sites (tertiary alicyclic amines) is 1. The molecule has 1 aromatic heterocycles. The van der Waals surface area contributed by atoms with Crippen molar-refractivity contribution in [3.05, 3.63) is 41.5 Å². The minimum atomic E-state index is -0.630. The van der Waals surface area contributed by atoms with E-state index in [1.54, 1.807) is 16.8 Å². The average molecular weight is 331 g/mol. The second-order valence-corrected chi connectivity index (χ2v) is 6.37. The number of β-amino-alcohol motifs (C(OH)–C–C–N with tert-alkyl or cyclic N) is 1. The first kappa shape index (κ1) is 15.6. The summed E-state index contributed by atoms with van der Waals surface area (Å²) in [6, 6.07) is 7.31. The van der Waals surface area contributed by atoms with Gasteiger partial charge in [-0.15, -0.1) is 11.3 Å². The Labute approximate surface area is 137 Å². The summed E-state index contributed by atoms with van der Waals surface area (Å²) in [7, 11) is 0. The number of thiazole rings is 1. The summed E-state index contributed by atoms with van der Waals surface area (Å²) >= 11 is 1.58. The quantitative estimate of drug-likeness (QED) is 0.802. The SMILES string of the molecule is O=CN1CC(O)CC1C(=O)NCc1ccc(-c2cncs2)cc1. The van der Waals surface area contributed by atoms with E-state index >= 15 is 0 Å². The highest BCUT2D eigenvalue weighted by molar-refractivity contribution is 7.13. The Bertz CT molecular complexity index is 672. The molecule has 6 nitrogen and oxygen atoms in total. The number of rotatable bonds is 5. The number of nitrogens with one attached hydrogen (secondary N) is 1. The lowest BCUT2D eigenvalue weighted by molar-refractivity contribution is -0.131. The molecule has 1 aliphatic rings. The highest BCUT2D eigenvalue weighted by Crippen LogP contribution is 2.23. The van der Waals surface area contributed by atoms with Crippen molar-refractivity contribution >= 4 is 23.7 Å². The molecular formula is C16H17N3O3S. The molecule has 0 radical (unpaired) electrons. The largest absolute Gasteiger partial charge is 0.391 e. The predicted molar refractivity (Wildman–Crippen MR) is 86.6 cm³/mol. The summed E-state index contributed by atoms with van der Waals surface area (Å²) in [5.41, 5.74) is 3.86. The first-order valence-corrected chi connectivity index (χ1v) is 8.20. The second-order valence-electron chi connectivity index (χ2n) is 5.49. The Morgan fingerprint density at radius 3 is 2.87 bits per heavy atom. The van der Waals surface area contributed by atoms with Gasteiger partial charge in [-0.2, -0.15) is 0 Å². The molecule has 2 unspecified atom stereocenters. The van der Waals surface area contributed by atoms with Gasteiger partial charge in [-0.1, -0.05) is 24.3 Å². The van der Waals surface area contributed by atoms with Gasteiger partial charge in [0, 0.05) is 25.7 Å². The van der Waals surface area contributed by atoms with Crippen LogP contribution >= 0.6 is 11.3 Å². The van der Waals surface area contributed by atoms with Crippen LogP contribution in [-0.2, 0) is 16.1 Å². The molecule has 120 valence electrons. The van der Waals surface area contributed by atoms with Crippen molar-refractivity contribution in [3.63, 3.8) is 0 Å². The molecule has 1 fully saturated rings. The fourth-order valence-corrected chi connectivity index (χ4v) is 3.29. The molecule has 7 heteroatoms. The van der Waals surface area contributed by atoms with Crippen LogP contribution in [0.25, 0.3) is 10.4 Å². The minimum Gasteiger partial charge on any atom is -0.391 e. The fourth-order valence-electron chi connectivity index (χ4n) is 2.66. The van der Waals surface area contributed by atoms with Gasteiger partial charge in [0.05, 0.1) is 16.5 Å². The van der Waals surface area contributed by atoms with Gasteiger partial charge in [-0.05, 0) is 11.1 Å². The molecule has 3 rings (SSSR count). The molecular weight excluding hydrogens is 314 g/mol. The number of benzene rings is 1. The summed E-state index contributed by atoms with van der Waals surface area (Å²) in [6.45, 7) is 0.603. The molecule has 0 bridgehead atoms. The number of carbonyl (C=O) groups is 2. The van der Waals surface area contributed by atoms with Gasteiger partial charge in [0.2, 0.25) is 12.3 Å². The zero-order chi connectivity index (χ0) is 16.2. The molecule has 2 atom stereocenters. The van der Waals surface area contributed by atoms with Gasteiger partial charge in [-0.25, -0.2) is 0 Å². The van der Waals surface area contributed by atoms with E-state index in [0.717, 1.165) is 16.0 Å². The summed E-state index contributed by atoms with van der Waals surface area (Å²) < 4.78 is 0. The predicted octanol–water partition coefficient (Wildman–Crippen LogP) is 1.02. The first-order chi connectivity index (χ1) is 11.2. The third-order valence-electron chi connectivity index (χ3n) is 3.89. The number of carbonyl (C=O) groups excluding carboxylic acids is 2. The van der Waals surface area contributed by atoms with Crippen LogP contribution in [0.2, 0.25) is 0 Å². The van der Waals surface area contributed by atoms with Crippen LogP contribution in [0.5, 0.6) is 0 Å². The third kappa shape index (κ3) is 3.57. The number of amides is 2. The Morgan fingerprint density at radius 2 is 2.22 bits per heavy atom. The molecule has 1 aliphatic heterocycles. The third-order valence-corrected chi connectivity index (χ3v) is 4.71. The highest BCUT2D eigenvalue weighted by atomic mass is 32.1. The molecule has 2 amide bonds. The van der Waals surface area contributed by atoms with Crippen molar-refractivity contribution in [1.29, 1.82) is 0 Å². The van der Waals surface area contributed by atoms with Crippen LogP contribution < -0.4 is 5.32 Å². The standard InChI is InChI=1S/C16H17N3O3S/c20-10-19-8-13(21)5-14(19)16(22)18-6-11-1-3-12(4-2-11)15-7-17-9-23-15/h1-4,7,9-10,13-14,21H,5-6,8H2,(H,18,22).